The van der Waals surface area contributed by atoms with E-state index in [4.69, 9.17) is 23.2 Å². The van der Waals surface area contributed by atoms with E-state index >= 15 is 0 Å². The van der Waals surface area contributed by atoms with Gasteiger partial charge in [-0.15, -0.1) is 0 Å². The topological polar surface area (TPSA) is 17.1 Å². The number of halogens is 2. The second kappa shape index (κ2) is 2.68. The predicted molar refractivity (Wildman–Crippen MR) is 40.8 cm³/mol. The molecular weight excluding hydrogens is 173 g/mol. The van der Waals surface area contributed by atoms with Crippen LogP contribution in [0.4, 0.5) is 0 Å². The quantitative estimate of drug-likeness (QED) is 0.342. The Morgan fingerprint density at radius 1 is 1.60 bits per heavy atom. The van der Waals surface area contributed by atoms with Crippen LogP contribution in [0.5, 0.6) is 0 Å². The second-order valence-electron chi connectivity index (χ2n) is 2.77. The van der Waals surface area contributed by atoms with Gasteiger partial charge in [0.25, 0.3) is 0 Å². The van der Waals surface area contributed by atoms with Gasteiger partial charge in [0.15, 0.2) is 0 Å². The molecule has 58 valence electrons. The van der Waals surface area contributed by atoms with Gasteiger partial charge in [-0.1, -0.05) is 0 Å². The van der Waals surface area contributed by atoms with E-state index in [1.54, 1.807) is 7.05 Å². The van der Waals surface area contributed by atoms with Crippen molar-refractivity contribution < 1.29 is 9.28 Å². The number of hydrogen-bond donors (Lipinski definition) is 0. The highest BCUT2D eigenvalue weighted by Crippen LogP contribution is 2.26. The van der Waals surface area contributed by atoms with Crippen LogP contribution in [0.15, 0.2) is 0 Å². The first-order chi connectivity index (χ1) is 4.57. The fourth-order valence-electron chi connectivity index (χ4n) is 1.15. The highest BCUT2D eigenvalue weighted by molar-refractivity contribution is 6.43. The molecule has 10 heavy (non-hydrogen) atoms. The Labute approximate surface area is 70.3 Å². The highest BCUT2D eigenvalue weighted by atomic mass is 35.5. The number of quaternary nitrogens is 1. The largest absolute Gasteiger partial charge is 0.315 e. The van der Waals surface area contributed by atoms with Crippen molar-refractivity contribution in [2.24, 2.45) is 0 Å². The molecule has 0 aromatic carbocycles. The number of nitrogens with zero attached hydrogens (tertiary/aromatic N) is 1. The van der Waals surface area contributed by atoms with Gasteiger partial charge in [-0.05, 0) is 23.2 Å². The van der Waals surface area contributed by atoms with E-state index in [0.717, 1.165) is 13.0 Å². The summed E-state index contributed by atoms with van der Waals surface area (Å²) in [6.45, 7) is 0.774. The lowest BCUT2D eigenvalue weighted by atomic mass is 10.4. The Balaban J connectivity index is 2.75. The van der Waals surface area contributed by atoms with E-state index in [-0.39, 0.29) is 10.4 Å². The average Bonchev–Trinajstić information content (AvgIpc) is 2.15. The first kappa shape index (κ1) is 8.31. The number of likely N-dealkylation sites (tertiary alicyclic amines) is 1. The zero-order chi connectivity index (χ0) is 7.78. The maximum atomic E-state index is 11.1. The molecule has 1 saturated heterocycles. The molecule has 0 N–H and O–H groups in total. The molecule has 0 radical (unpaired) electrons. The maximum Gasteiger partial charge on any atom is 0.315 e. The Morgan fingerprint density at radius 2 is 2.20 bits per heavy atom. The summed E-state index contributed by atoms with van der Waals surface area (Å²) in [6.07, 6.45) is 1.53. The smallest absolute Gasteiger partial charge is 0.235 e. The highest BCUT2D eigenvalue weighted by Gasteiger charge is 2.41. The van der Waals surface area contributed by atoms with E-state index in [2.05, 4.69) is 0 Å². The van der Waals surface area contributed by atoms with Crippen molar-refractivity contribution in [2.75, 3.05) is 13.6 Å². The fraction of sp³-hybridized carbons (Fsp3) is 0.833. The molecule has 1 aliphatic rings. The molecule has 1 aliphatic heterocycles. The molecule has 1 rings (SSSR count). The van der Waals surface area contributed by atoms with E-state index < -0.39 is 4.96 Å². The number of carbonyl (C=O) groups excluding carboxylic acids is 1. The summed E-state index contributed by atoms with van der Waals surface area (Å²) < 4.78 is 0.184. The van der Waals surface area contributed by atoms with Gasteiger partial charge in [0, 0.05) is 6.42 Å². The van der Waals surface area contributed by atoms with Crippen LogP contribution in [0.1, 0.15) is 12.8 Å². The lowest BCUT2D eigenvalue weighted by Crippen LogP contribution is -2.48. The minimum Gasteiger partial charge on any atom is -0.235 e. The molecule has 1 atom stereocenters. The Hall–Kier alpha value is 0.210. The van der Waals surface area contributed by atoms with Gasteiger partial charge >= 0.3 is 5.91 Å². The standard InChI is InChI=1S/C6H10Cl2NO/c1-9(6(7)8)4-2-3-5(9)10/h6H,2-4H2,1H3/q+1. The van der Waals surface area contributed by atoms with Gasteiger partial charge in [-0.2, -0.15) is 0 Å². The van der Waals surface area contributed by atoms with E-state index in [9.17, 15) is 4.79 Å². The van der Waals surface area contributed by atoms with Crippen LogP contribution in [-0.2, 0) is 4.79 Å². The number of rotatable bonds is 1. The van der Waals surface area contributed by atoms with Gasteiger partial charge in [-0.25, -0.2) is 9.28 Å². The van der Waals surface area contributed by atoms with Crippen LogP contribution < -0.4 is 0 Å². The van der Waals surface area contributed by atoms with E-state index in [0.29, 0.717) is 6.42 Å². The van der Waals surface area contributed by atoms with Crippen molar-refractivity contribution in [3.05, 3.63) is 0 Å². The Bertz CT molecular complexity index is 160. The molecule has 1 unspecified atom stereocenters. The predicted octanol–water partition coefficient (Wildman–Crippen LogP) is 1.51. The molecule has 0 bridgehead atoms. The zero-order valence-electron chi connectivity index (χ0n) is 5.81. The van der Waals surface area contributed by atoms with Crippen LogP contribution >= 0.6 is 23.2 Å². The number of carbonyl (C=O) groups is 1. The van der Waals surface area contributed by atoms with Gasteiger partial charge in [0.1, 0.15) is 0 Å². The van der Waals surface area contributed by atoms with Gasteiger partial charge in [0.05, 0.1) is 20.0 Å². The third-order valence-electron chi connectivity index (χ3n) is 2.01. The molecule has 4 heteroatoms. The normalized spacial score (nSPS) is 33.8. The first-order valence-electron chi connectivity index (χ1n) is 3.24. The summed E-state index contributed by atoms with van der Waals surface area (Å²) in [5, 5.41) is 0. The second-order valence-corrected chi connectivity index (χ2v) is 3.82. The monoisotopic (exact) mass is 182 g/mol. The maximum absolute atomic E-state index is 11.1. The number of hydrogen-bond acceptors (Lipinski definition) is 1. The third kappa shape index (κ3) is 1.16. The van der Waals surface area contributed by atoms with Crippen molar-refractivity contribution in [1.29, 1.82) is 0 Å². The van der Waals surface area contributed by atoms with Crippen molar-refractivity contribution in [3.63, 3.8) is 0 Å². The SMILES string of the molecule is C[N+]1(C(Cl)Cl)CCCC1=O. The minimum absolute atomic E-state index is 0.148. The van der Waals surface area contributed by atoms with Crippen LogP contribution in [0.3, 0.4) is 0 Å². The molecule has 0 saturated carbocycles. The molecular formula is C6H10Cl2NO+. The summed E-state index contributed by atoms with van der Waals surface area (Å²) in [6, 6.07) is 0. The summed E-state index contributed by atoms with van der Waals surface area (Å²) in [7, 11) is 1.78. The zero-order valence-corrected chi connectivity index (χ0v) is 7.32. The van der Waals surface area contributed by atoms with Gasteiger partial charge in [-0.3, -0.25) is 0 Å². The lowest BCUT2D eigenvalue weighted by Gasteiger charge is -2.26. The summed E-state index contributed by atoms with van der Waals surface area (Å²) >= 11 is 11.3. The van der Waals surface area contributed by atoms with Gasteiger partial charge < -0.3 is 0 Å². The van der Waals surface area contributed by atoms with Gasteiger partial charge in [0.2, 0.25) is 4.96 Å². The molecule has 1 heterocycles. The molecule has 0 spiro atoms. The molecule has 1 fully saturated rings. The summed E-state index contributed by atoms with van der Waals surface area (Å²) in [4.78, 5) is 10.5. The third-order valence-corrected chi connectivity index (χ3v) is 2.88. The minimum atomic E-state index is -0.602. The molecule has 1 amide bonds. The molecule has 0 aromatic heterocycles. The summed E-state index contributed by atoms with van der Waals surface area (Å²) in [5.41, 5.74) is 0. The van der Waals surface area contributed by atoms with E-state index in [1.165, 1.54) is 0 Å². The average molecular weight is 183 g/mol. The lowest BCUT2D eigenvalue weighted by molar-refractivity contribution is -0.825. The van der Waals surface area contributed by atoms with Crippen LogP contribution in [0.25, 0.3) is 0 Å². The van der Waals surface area contributed by atoms with Crippen LogP contribution in [0.2, 0.25) is 0 Å². The molecule has 2 nitrogen and oxygen atoms in total. The number of alkyl halides is 2. The number of amides is 1. The van der Waals surface area contributed by atoms with Crippen molar-refractivity contribution in [3.8, 4) is 0 Å². The molecule has 0 aliphatic carbocycles. The summed E-state index contributed by atoms with van der Waals surface area (Å²) in [5.74, 6) is 0.148. The van der Waals surface area contributed by atoms with Crippen molar-refractivity contribution in [2.45, 2.75) is 17.8 Å². The van der Waals surface area contributed by atoms with Crippen LogP contribution in [0, 0.1) is 0 Å². The van der Waals surface area contributed by atoms with Crippen LogP contribution in [-0.4, -0.2) is 28.9 Å². The first-order valence-corrected chi connectivity index (χ1v) is 4.11. The van der Waals surface area contributed by atoms with Crippen molar-refractivity contribution >= 4 is 29.1 Å². The Morgan fingerprint density at radius 3 is 2.40 bits per heavy atom. The Kier molecular flexibility index (Phi) is 2.23. The van der Waals surface area contributed by atoms with E-state index in [1.807, 2.05) is 0 Å². The fourth-order valence-corrected chi connectivity index (χ4v) is 1.56. The van der Waals surface area contributed by atoms with Crippen molar-refractivity contribution in [1.82, 2.24) is 0 Å². The molecule has 0 aromatic rings.